The minimum Gasteiger partial charge on any atom is -0.408 e. The van der Waals surface area contributed by atoms with Crippen LogP contribution in [0.3, 0.4) is 0 Å². The number of aromatic nitrogens is 4. The van der Waals surface area contributed by atoms with Gasteiger partial charge in [-0.1, -0.05) is 46.7 Å². The summed E-state index contributed by atoms with van der Waals surface area (Å²) in [6.45, 7) is 26.7. The number of fused-ring (bicyclic) bond motifs is 1. The van der Waals surface area contributed by atoms with Crippen molar-refractivity contribution in [2.75, 3.05) is 43.8 Å². The molecule has 13 nitrogen and oxygen atoms in total. The molecule has 0 amide bonds. The Bertz CT molecular complexity index is 1310. The van der Waals surface area contributed by atoms with E-state index in [2.05, 4.69) is 97.9 Å². The highest BCUT2D eigenvalue weighted by atomic mass is 28.4. The molecule has 4 atom stereocenters. The Kier molecular flexibility index (Phi) is 9.87. The molecular formula is C28H52N10O3Si2. The number of azide groups is 1. The number of ether oxygens (including phenoxy) is 1. The number of anilines is 2. The highest BCUT2D eigenvalue weighted by Gasteiger charge is 2.55. The molecule has 4 rings (SSSR count). The highest BCUT2D eigenvalue weighted by Crippen LogP contribution is 2.47. The van der Waals surface area contributed by atoms with Gasteiger partial charge >= 0.3 is 0 Å². The van der Waals surface area contributed by atoms with Crippen molar-refractivity contribution >= 4 is 39.6 Å². The van der Waals surface area contributed by atoms with Crippen LogP contribution in [0.2, 0.25) is 36.3 Å². The van der Waals surface area contributed by atoms with Crippen molar-refractivity contribution in [1.82, 2.24) is 24.4 Å². The zero-order chi connectivity index (χ0) is 31.8. The Hall–Kier alpha value is -2.27. The number of hydrogen-bond acceptors (Lipinski definition) is 10. The second kappa shape index (κ2) is 12.6. The van der Waals surface area contributed by atoms with Gasteiger partial charge in [-0.05, 0) is 54.6 Å². The summed E-state index contributed by atoms with van der Waals surface area (Å²) in [7, 11) is -4.51. The molecule has 2 aliphatic rings. The number of unbranched alkanes of at least 4 members (excludes halogenated alkanes) is 1. The molecule has 2 fully saturated rings. The van der Waals surface area contributed by atoms with E-state index >= 15 is 0 Å². The van der Waals surface area contributed by atoms with Gasteiger partial charge in [0, 0.05) is 37.6 Å². The SMILES string of the molecule is CC(C)(C)[Si](C)(C)OC1[C@H](n2c(NCCCCN=[N+]=[N-])nc3c(N)ncnc32)O[C@H](CN2CC2)[C@H]1O[Si](C)(C)C(C)(C)C. The van der Waals surface area contributed by atoms with Crippen molar-refractivity contribution in [2.45, 2.75) is 115 Å². The first kappa shape index (κ1) is 33.6. The number of rotatable bonds is 13. The van der Waals surface area contributed by atoms with Crippen molar-refractivity contribution in [1.29, 1.82) is 0 Å². The molecule has 0 aromatic carbocycles. The van der Waals surface area contributed by atoms with E-state index in [9.17, 15) is 0 Å². The number of nitrogens with zero attached hydrogens (tertiary/aromatic N) is 8. The van der Waals surface area contributed by atoms with E-state index in [1.54, 1.807) is 0 Å². The number of hydrogen-bond donors (Lipinski definition) is 2. The Morgan fingerprint density at radius 1 is 1.05 bits per heavy atom. The number of nitrogen functional groups attached to an aromatic ring is 1. The molecule has 0 radical (unpaired) electrons. The molecule has 2 saturated heterocycles. The molecule has 2 aromatic heterocycles. The maximum absolute atomic E-state index is 8.61. The monoisotopic (exact) mass is 632 g/mol. The van der Waals surface area contributed by atoms with Gasteiger partial charge in [-0.25, -0.2) is 15.0 Å². The Morgan fingerprint density at radius 3 is 2.26 bits per heavy atom. The van der Waals surface area contributed by atoms with Gasteiger partial charge in [0.15, 0.2) is 39.8 Å². The van der Waals surface area contributed by atoms with Gasteiger partial charge in [0.05, 0.1) is 0 Å². The zero-order valence-electron chi connectivity index (χ0n) is 27.7. The molecular weight excluding hydrogens is 581 g/mol. The maximum Gasteiger partial charge on any atom is 0.207 e. The lowest BCUT2D eigenvalue weighted by molar-refractivity contribution is -0.0335. The summed E-state index contributed by atoms with van der Waals surface area (Å²) in [5.41, 5.74) is 16.0. The third-order valence-electron chi connectivity index (χ3n) is 9.53. The first-order valence-electron chi connectivity index (χ1n) is 15.4. The standard InChI is InChI=1S/C28H52N10O3Si2/c1-27(2,3)42(7,8)40-21-19(17-37-15-16-37)39-25(22(21)41-43(9,10)28(4,5)6)38-24-20(23(29)32-18-33-24)35-26(38)31-13-11-12-14-34-36-30/h18-19,21-22,25H,11-17H2,1-10H3,(H,31,35)(H2,29,32,33)/t19-,21-,22?,25-/m1/s1. The predicted octanol–water partition coefficient (Wildman–Crippen LogP) is 5.90. The number of nitrogens with two attached hydrogens (primary N) is 1. The summed E-state index contributed by atoms with van der Waals surface area (Å²) < 4.78 is 23.6. The molecule has 2 aliphatic heterocycles. The third-order valence-corrected chi connectivity index (χ3v) is 18.5. The fourth-order valence-electron chi connectivity index (χ4n) is 4.72. The second-order valence-corrected chi connectivity index (χ2v) is 24.4. The van der Waals surface area contributed by atoms with Crippen LogP contribution < -0.4 is 11.1 Å². The first-order valence-corrected chi connectivity index (χ1v) is 21.2. The van der Waals surface area contributed by atoms with Crippen molar-refractivity contribution in [3.63, 3.8) is 0 Å². The fourth-order valence-corrected chi connectivity index (χ4v) is 7.32. The minimum absolute atomic E-state index is 0.0166. The summed E-state index contributed by atoms with van der Waals surface area (Å²) in [6, 6.07) is 0. The minimum atomic E-state index is -2.29. The first-order chi connectivity index (χ1) is 20.0. The van der Waals surface area contributed by atoms with E-state index in [0.717, 1.165) is 32.5 Å². The average Bonchev–Trinajstić information content (AvgIpc) is 3.55. The quantitative estimate of drug-likeness (QED) is 0.0683. The van der Waals surface area contributed by atoms with Crippen LogP contribution in [0.5, 0.6) is 0 Å². The van der Waals surface area contributed by atoms with Gasteiger partial charge in [0.25, 0.3) is 0 Å². The molecule has 0 saturated carbocycles. The molecule has 0 spiro atoms. The van der Waals surface area contributed by atoms with Gasteiger partial charge in [-0.3, -0.25) is 9.47 Å². The highest BCUT2D eigenvalue weighted by molar-refractivity contribution is 6.74. The molecule has 3 N–H and O–H groups in total. The molecule has 15 heteroatoms. The van der Waals surface area contributed by atoms with Crippen LogP contribution in [0.1, 0.15) is 60.6 Å². The lowest BCUT2D eigenvalue weighted by atomic mass is 10.1. The normalized spacial score (nSPS) is 23.5. The van der Waals surface area contributed by atoms with E-state index in [1.807, 2.05) is 4.57 Å². The van der Waals surface area contributed by atoms with E-state index in [0.29, 0.717) is 36.0 Å². The molecule has 2 aromatic rings. The van der Waals surface area contributed by atoms with Gasteiger partial charge in [-0.2, -0.15) is 0 Å². The van der Waals surface area contributed by atoms with Crippen LogP contribution in [0.25, 0.3) is 21.6 Å². The summed E-state index contributed by atoms with van der Waals surface area (Å²) >= 11 is 0. The molecule has 0 aliphatic carbocycles. The third kappa shape index (κ3) is 7.52. The summed E-state index contributed by atoms with van der Waals surface area (Å²) in [5.74, 6) is 0.906. The van der Waals surface area contributed by atoms with Crippen LogP contribution in [-0.4, -0.2) is 92.1 Å². The van der Waals surface area contributed by atoms with Crippen LogP contribution in [0.4, 0.5) is 11.8 Å². The molecule has 0 bridgehead atoms. The Balaban J connectivity index is 1.80. The molecule has 4 heterocycles. The van der Waals surface area contributed by atoms with Gasteiger partial charge in [-0.15, -0.1) is 0 Å². The molecule has 1 unspecified atom stereocenters. The van der Waals surface area contributed by atoms with Gasteiger partial charge in [0.2, 0.25) is 5.95 Å². The van der Waals surface area contributed by atoms with E-state index in [-0.39, 0.29) is 28.4 Å². The topological polar surface area (TPSA) is 161 Å². The van der Waals surface area contributed by atoms with Crippen molar-refractivity contribution < 1.29 is 13.6 Å². The van der Waals surface area contributed by atoms with Crippen molar-refractivity contribution in [3.05, 3.63) is 16.8 Å². The van der Waals surface area contributed by atoms with Crippen LogP contribution >= 0.6 is 0 Å². The van der Waals surface area contributed by atoms with Crippen LogP contribution in [0, 0.1) is 0 Å². The Labute approximate surface area is 258 Å². The number of nitrogens with one attached hydrogen (secondary N) is 1. The van der Waals surface area contributed by atoms with Crippen LogP contribution in [0.15, 0.2) is 11.4 Å². The van der Waals surface area contributed by atoms with E-state index < -0.39 is 22.9 Å². The molecule has 43 heavy (non-hydrogen) atoms. The average molecular weight is 633 g/mol. The Morgan fingerprint density at radius 2 is 1.67 bits per heavy atom. The smallest absolute Gasteiger partial charge is 0.207 e. The van der Waals surface area contributed by atoms with Gasteiger partial charge in [0.1, 0.15) is 24.6 Å². The maximum atomic E-state index is 8.61. The fraction of sp³-hybridized carbons (Fsp3) is 0.821. The number of imidazole rings is 1. The molecule has 240 valence electrons. The zero-order valence-corrected chi connectivity index (χ0v) is 29.7. The van der Waals surface area contributed by atoms with Crippen molar-refractivity contribution in [3.8, 4) is 0 Å². The summed E-state index contributed by atoms with van der Waals surface area (Å²) in [6.07, 6.45) is 1.63. The largest absolute Gasteiger partial charge is 0.408 e. The second-order valence-electron chi connectivity index (χ2n) is 14.9. The lowest BCUT2D eigenvalue weighted by Gasteiger charge is -2.44. The predicted molar refractivity (Wildman–Crippen MR) is 176 cm³/mol. The van der Waals surface area contributed by atoms with E-state index in [1.165, 1.54) is 6.33 Å². The van der Waals surface area contributed by atoms with Crippen LogP contribution in [-0.2, 0) is 13.6 Å². The van der Waals surface area contributed by atoms with E-state index in [4.69, 9.17) is 29.8 Å². The van der Waals surface area contributed by atoms with Gasteiger partial charge < -0.3 is 24.6 Å². The lowest BCUT2D eigenvalue weighted by Crippen LogP contribution is -2.54. The summed E-state index contributed by atoms with van der Waals surface area (Å²) in [5, 5.41) is 7.12. The summed E-state index contributed by atoms with van der Waals surface area (Å²) in [4.78, 5) is 18.9. The van der Waals surface area contributed by atoms with Crippen molar-refractivity contribution in [2.24, 2.45) is 5.11 Å².